The number of ether oxygens (including phenoxy) is 1. The molecule has 1 atom stereocenters. The topological polar surface area (TPSA) is 91.2 Å². The lowest BCUT2D eigenvalue weighted by Gasteiger charge is -2.09. The number of carbonyl (C=O) groups is 1. The highest BCUT2D eigenvalue weighted by molar-refractivity contribution is 7.98. The predicted molar refractivity (Wildman–Crippen MR) is 83.0 cm³/mol. The van der Waals surface area contributed by atoms with Crippen molar-refractivity contribution in [1.29, 1.82) is 0 Å². The maximum Gasteiger partial charge on any atom is 0.322 e. The Labute approximate surface area is 131 Å². The first-order chi connectivity index (χ1) is 10.2. The van der Waals surface area contributed by atoms with Crippen molar-refractivity contribution < 1.29 is 14.1 Å². The molecule has 0 bridgehead atoms. The summed E-state index contributed by atoms with van der Waals surface area (Å²) in [5.41, 5.74) is 5.71. The first kappa shape index (κ1) is 16.0. The maximum absolute atomic E-state index is 11.3. The Morgan fingerprint density at radius 3 is 3.19 bits per heavy atom. The number of nitrogens with zero attached hydrogens (tertiary/aromatic N) is 2. The van der Waals surface area contributed by atoms with Crippen molar-refractivity contribution in [3.63, 3.8) is 0 Å². The molecule has 0 radical (unpaired) electrons. The van der Waals surface area contributed by atoms with Crippen molar-refractivity contribution in [2.45, 2.75) is 25.1 Å². The Hall–Kier alpha value is -1.38. The molecular weight excluding hydrogens is 310 g/mol. The molecule has 0 aromatic carbocycles. The molecule has 8 heteroatoms. The number of hydrogen-bond acceptors (Lipinski definition) is 8. The molecule has 0 aliphatic rings. The largest absolute Gasteiger partial charge is 0.465 e. The molecule has 0 spiro atoms. The van der Waals surface area contributed by atoms with Gasteiger partial charge in [-0.05, 0) is 30.5 Å². The van der Waals surface area contributed by atoms with Crippen LogP contribution in [0.15, 0.2) is 22.0 Å². The van der Waals surface area contributed by atoms with Crippen LogP contribution in [0.1, 0.15) is 19.2 Å². The average molecular weight is 327 g/mol. The number of esters is 1. The van der Waals surface area contributed by atoms with E-state index in [0.29, 0.717) is 30.5 Å². The number of hydrogen-bond donors (Lipinski definition) is 1. The normalized spacial score (nSPS) is 12.3. The Balaban J connectivity index is 1.71. The zero-order chi connectivity index (χ0) is 15.1. The summed E-state index contributed by atoms with van der Waals surface area (Å²) in [4.78, 5) is 16.7. The number of thiophene rings is 1. The van der Waals surface area contributed by atoms with Crippen molar-refractivity contribution in [3.05, 3.63) is 23.4 Å². The number of rotatable bonds is 8. The predicted octanol–water partition coefficient (Wildman–Crippen LogP) is 2.31. The second kappa shape index (κ2) is 8.16. The molecule has 2 aromatic rings. The third-order valence-electron chi connectivity index (χ3n) is 2.60. The van der Waals surface area contributed by atoms with Gasteiger partial charge in [-0.25, -0.2) is 0 Å². The van der Waals surface area contributed by atoms with E-state index >= 15 is 0 Å². The van der Waals surface area contributed by atoms with Crippen molar-refractivity contribution in [2.24, 2.45) is 5.73 Å². The zero-order valence-electron chi connectivity index (χ0n) is 11.7. The van der Waals surface area contributed by atoms with Crippen LogP contribution in [0.2, 0.25) is 0 Å². The van der Waals surface area contributed by atoms with Crippen LogP contribution in [0.3, 0.4) is 0 Å². The van der Waals surface area contributed by atoms with Gasteiger partial charge >= 0.3 is 5.97 Å². The summed E-state index contributed by atoms with van der Waals surface area (Å²) >= 11 is 3.17. The molecule has 0 saturated heterocycles. The van der Waals surface area contributed by atoms with Gasteiger partial charge in [-0.3, -0.25) is 4.79 Å². The van der Waals surface area contributed by atoms with Crippen LogP contribution in [0.4, 0.5) is 0 Å². The minimum Gasteiger partial charge on any atom is -0.465 e. The quantitative estimate of drug-likeness (QED) is 0.587. The fourth-order valence-corrected chi connectivity index (χ4v) is 3.06. The molecule has 2 N–H and O–H groups in total. The lowest BCUT2D eigenvalue weighted by molar-refractivity contribution is -0.144. The summed E-state index contributed by atoms with van der Waals surface area (Å²) in [6, 6.07) is 3.33. The number of nitrogens with two attached hydrogens (primary N) is 1. The van der Waals surface area contributed by atoms with Gasteiger partial charge in [0.1, 0.15) is 6.04 Å². The van der Waals surface area contributed by atoms with Crippen LogP contribution in [0, 0.1) is 0 Å². The average Bonchev–Trinajstić information content (AvgIpc) is 3.14. The molecule has 21 heavy (non-hydrogen) atoms. The second-order valence-corrected chi connectivity index (χ2v) is 6.24. The monoisotopic (exact) mass is 327 g/mol. The molecule has 0 fully saturated rings. The Morgan fingerprint density at radius 1 is 1.62 bits per heavy atom. The minimum absolute atomic E-state index is 0.351. The van der Waals surface area contributed by atoms with Gasteiger partial charge in [-0.15, -0.1) is 11.3 Å². The molecule has 2 heterocycles. The lowest BCUT2D eigenvalue weighted by atomic mass is 10.2. The van der Waals surface area contributed by atoms with Crippen LogP contribution < -0.4 is 5.73 Å². The Kier molecular flexibility index (Phi) is 6.21. The number of carbonyl (C=O) groups excluding carboxylic acids is 1. The van der Waals surface area contributed by atoms with E-state index in [1.165, 1.54) is 0 Å². The standard InChI is InChI=1S/C13H17N3O3S2/c1-2-18-13(17)9(14)5-7-20-8-11-15-12(16-19-11)10-4-3-6-21-10/h3-4,6,9H,2,5,7-8,14H2,1H3. The van der Waals surface area contributed by atoms with E-state index in [1.54, 1.807) is 30.0 Å². The van der Waals surface area contributed by atoms with Crippen LogP contribution >= 0.6 is 23.1 Å². The molecular formula is C13H17N3O3S2. The summed E-state index contributed by atoms with van der Waals surface area (Å²) in [6.07, 6.45) is 0.565. The van der Waals surface area contributed by atoms with E-state index in [4.69, 9.17) is 15.0 Å². The van der Waals surface area contributed by atoms with Crippen LogP contribution in [0.25, 0.3) is 10.7 Å². The second-order valence-electron chi connectivity index (χ2n) is 4.19. The molecule has 6 nitrogen and oxygen atoms in total. The van der Waals surface area contributed by atoms with Gasteiger partial charge < -0.3 is 15.0 Å². The highest BCUT2D eigenvalue weighted by Crippen LogP contribution is 2.22. The first-order valence-corrected chi connectivity index (χ1v) is 8.60. The highest BCUT2D eigenvalue weighted by Gasteiger charge is 2.14. The van der Waals surface area contributed by atoms with Gasteiger partial charge in [0.05, 0.1) is 17.2 Å². The highest BCUT2D eigenvalue weighted by atomic mass is 32.2. The molecule has 0 amide bonds. The third-order valence-corrected chi connectivity index (χ3v) is 4.44. The molecule has 2 aromatic heterocycles. The summed E-state index contributed by atoms with van der Waals surface area (Å²) in [5.74, 6) is 2.18. The molecule has 0 saturated carbocycles. The first-order valence-electron chi connectivity index (χ1n) is 6.57. The summed E-state index contributed by atoms with van der Waals surface area (Å²) < 4.78 is 10.0. The smallest absolute Gasteiger partial charge is 0.322 e. The minimum atomic E-state index is -0.568. The van der Waals surface area contributed by atoms with Gasteiger partial charge in [0, 0.05) is 0 Å². The van der Waals surface area contributed by atoms with E-state index < -0.39 is 6.04 Å². The molecule has 114 valence electrons. The van der Waals surface area contributed by atoms with Gasteiger partial charge in [0.25, 0.3) is 0 Å². The summed E-state index contributed by atoms with van der Waals surface area (Å²) in [6.45, 7) is 2.12. The van der Waals surface area contributed by atoms with Crippen LogP contribution in [0.5, 0.6) is 0 Å². The van der Waals surface area contributed by atoms with Gasteiger partial charge in [-0.1, -0.05) is 11.2 Å². The zero-order valence-corrected chi connectivity index (χ0v) is 13.3. The Morgan fingerprint density at radius 2 is 2.48 bits per heavy atom. The van der Waals surface area contributed by atoms with Crippen LogP contribution in [-0.2, 0) is 15.3 Å². The van der Waals surface area contributed by atoms with Gasteiger partial charge in [0.15, 0.2) is 0 Å². The molecule has 1 unspecified atom stereocenters. The van der Waals surface area contributed by atoms with Gasteiger partial charge in [-0.2, -0.15) is 16.7 Å². The SMILES string of the molecule is CCOC(=O)C(N)CCSCc1nc(-c2cccs2)no1. The van der Waals surface area contributed by atoms with Crippen molar-refractivity contribution in [2.75, 3.05) is 12.4 Å². The van der Waals surface area contributed by atoms with Crippen molar-refractivity contribution in [3.8, 4) is 10.7 Å². The summed E-state index contributed by atoms with van der Waals surface area (Å²) in [7, 11) is 0. The van der Waals surface area contributed by atoms with E-state index in [-0.39, 0.29) is 5.97 Å². The fourth-order valence-electron chi connectivity index (χ4n) is 1.56. The molecule has 0 aliphatic carbocycles. The number of aromatic nitrogens is 2. The van der Waals surface area contributed by atoms with Crippen molar-refractivity contribution >= 4 is 29.1 Å². The maximum atomic E-state index is 11.3. The summed E-state index contributed by atoms with van der Waals surface area (Å²) in [5, 5.41) is 5.91. The van der Waals surface area contributed by atoms with Gasteiger partial charge in [0.2, 0.25) is 11.7 Å². The van der Waals surface area contributed by atoms with E-state index in [2.05, 4.69) is 10.1 Å². The number of thioether (sulfide) groups is 1. The third kappa shape index (κ3) is 4.83. The molecule has 2 rings (SSSR count). The van der Waals surface area contributed by atoms with E-state index in [9.17, 15) is 4.79 Å². The fraction of sp³-hybridized carbons (Fsp3) is 0.462. The Bertz CT molecular complexity index is 557. The molecule has 0 aliphatic heterocycles. The van der Waals surface area contributed by atoms with E-state index in [0.717, 1.165) is 10.6 Å². The lowest BCUT2D eigenvalue weighted by Crippen LogP contribution is -2.32. The van der Waals surface area contributed by atoms with Crippen molar-refractivity contribution in [1.82, 2.24) is 10.1 Å². The van der Waals surface area contributed by atoms with Crippen LogP contribution in [-0.4, -0.2) is 34.5 Å². The van der Waals surface area contributed by atoms with E-state index in [1.807, 2.05) is 17.5 Å².